The summed E-state index contributed by atoms with van der Waals surface area (Å²) < 4.78 is 4.72. The van der Waals surface area contributed by atoms with E-state index in [4.69, 9.17) is 16.2 Å². The lowest BCUT2D eigenvalue weighted by molar-refractivity contribution is -0.119. The van der Waals surface area contributed by atoms with E-state index in [1.807, 2.05) is 11.8 Å². The van der Waals surface area contributed by atoms with E-state index in [1.54, 1.807) is 18.2 Å². The summed E-state index contributed by atoms with van der Waals surface area (Å²) in [6, 6.07) is 5.18. The van der Waals surface area contributed by atoms with Crippen LogP contribution >= 0.6 is 0 Å². The quantitative estimate of drug-likeness (QED) is 0.571. The van der Waals surface area contributed by atoms with Crippen molar-refractivity contribution in [2.24, 2.45) is 5.73 Å². The molecule has 19 heavy (non-hydrogen) atoms. The van der Waals surface area contributed by atoms with Gasteiger partial charge in [-0.3, -0.25) is 9.69 Å². The highest BCUT2D eigenvalue weighted by molar-refractivity contribution is 5.96. The third-order valence-electron chi connectivity index (χ3n) is 2.79. The molecule has 4 N–H and O–H groups in total. The Labute approximate surface area is 112 Å². The first kappa shape index (κ1) is 15.0. The molecule has 0 bridgehead atoms. The molecule has 0 aliphatic rings. The third-order valence-corrected chi connectivity index (χ3v) is 2.79. The number of benzene rings is 1. The largest absolute Gasteiger partial charge is 0.465 e. The smallest absolute Gasteiger partial charge is 0.340 e. The minimum atomic E-state index is -0.483. The second-order valence-electron chi connectivity index (χ2n) is 4.14. The predicted octanol–water partition coefficient (Wildman–Crippen LogP) is 0.363. The van der Waals surface area contributed by atoms with Crippen LogP contribution in [0.1, 0.15) is 22.8 Å². The first-order chi connectivity index (χ1) is 8.99. The van der Waals surface area contributed by atoms with Crippen LogP contribution in [0.5, 0.6) is 0 Å². The predicted molar refractivity (Wildman–Crippen MR) is 72.3 cm³/mol. The Morgan fingerprint density at radius 3 is 2.58 bits per heavy atom. The summed E-state index contributed by atoms with van der Waals surface area (Å²) in [4.78, 5) is 24.5. The molecule has 1 rings (SSSR count). The number of methoxy groups -OCH3 is 1. The standard InChI is InChI=1S/C13H19N3O3/c1-3-16(8-11(15)17)7-9-5-4-6-10(14)12(9)13(18)19-2/h4-6H,3,7-8,14H2,1-2H3,(H2,15,17). The van der Waals surface area contributed by atoms with Crippen molar-refractivity contribution >= 4 is 17.6 Å². The number of hydrogen-bond acceptors (Lipinski definition) is 5. The number of likely N-dealkylation sites (N-methyl/N-ethyl adjacent to an activating group) is 1. The number of carbonyl (C=O) groups excluding carboxylic acids is 2. The van der Waals surface area contributed by atoms with Crippen LogP contribution in [-0.2, 0) is 16.1 Å². The van der Waals surface area contributed by atoms with Gasteiger partial charge in [0.15, 0.2) is 0 Å². The molecule has 0 fully saturated rings. The van der Waals surface area contributed by atoms with E-state index < -0.39 is 11.9 Å². The molecule has 1 amide bonds. The summed E-state index contributed by atoms with van der Waals surface area (Å²) in [5, 5.41) is 0. The van der Waals surface area contributed by atoms with Crippen molar-refractivity contribution in [1.82, 2.24) is 4.90 Å². The van der Waals surface area contributed by atoms with Gasteiger partial charge in [0, 0.05) is 12.2 Å². The Kier molecular flexibility index (Phi) is 5.32. The maximum absolute atomic E-state index is 11.7. The number of nitrogens with two attached hydrogens (primary N) is 2. The van der Waals surface area contributed by atoms with Crippen LogP contribution in [0.25, 0.3) is 0 Å². The van der Waals surface area contributed by atoms with E-state index in [9.17, 15) is 9.59 Å². The molecular formula is C13H19N3O3. The molecule has 1 aromatic carbocycles. The number of ether oxygens (including phenoxy) is 1. The van der Waals surface area contributed by atoms with Gasteiger partial charge in [0.2, 0.25) is 5.91 Å². The summed E-state index contributed by atoms with van der Waals surface area (Å²) in [7, 11) is 1.31. The zero-order valence-corrected chi connectivity index (χ0v) is 11.2. The lowest BCUT2D eigenvalue weighted by Crippen LogP contribution is -2.33. The maximum atomic E-state index is 11.7. The number of rotatable bonds is 6. The number of esters is 1. The van der Waals surface area contributed by atoms with Gasteiger partial charge in [-0.2, -0.15) is 0 Å². The molecule has 1 aromatic rings. The Bertz CT molecular complexity index is 474. The maximum Gasteiger partial charge on any atom is 0.340 e. The van der Waals surface area contributed by atoms with E-state index in [0.29, 0.717) is 24.3 Å². The van der Waals surface area contributed by atoms with Gasteiger partial charge in [0.1, 0.15) is 0 Å². The van der Waals surface area contributed by atoms with Crippen LogP contribution in [0.4, 0.5) is 5.69 Å². The van der Waals surface area contributed by atoms with Crippen molar-refractivity contribution in [2.45, 2.75) is 13.5 Å². The molecule has 0 radical (unpaired) electrons. The monoisotopic (exact) mass is 265 g/mol. The second kappa shape index (κ2) is 6.75. The fourth-order valence-electron chi connectivity index (χ4n) is 1.84. The molecule has 0 aromatic heterocycles. The summed E-state index contributed by atoms with van der Waals surface area (Å²) in [5.41, 5.74) is 12.4. The Hall–Kier alpha value is -2.08. The number of amides is 1. The van der Waals surface area contributed by atoms with Crippen molar-refractivity contribution < 1.29 is 14.3 Å². The topological polar surface area (TPSA) is 98.6 Å². The second-order valence-corrected chi connectivity index (χ2v) is 4.14. The van der Waals surface area contributed by atoms with Gasteiger partial charge in [0.25, 0.3) is 0 Å². The molecule has 104 valence electrons. The van der Waals surface area contributed by atoms with Crippen LogP contribution in [0.3, 0.4) is 0 Å². The van der Waals surface area contributed by atoms with Crippen LogP contribution in [0, 0.1) is 0 Å². The molecule has 0 saturated heterocycles. The number of hydrogen-bond donors (Lipinski definition) is 2. The van der Waals surface area contributed by atoms with Crippen molar-refractivity contribution in [3.8, 4) is 0 Å². The van der Waals surface area contributed by atoms with Gasteiger partial charge in [-0.05, 0) is 18.2 Å². The molecule has 0 spiro atoms. The first-order valence-electron chi connectivity index (χ1n) is 5.95. The summed E-state index contributed by atoms with van der Waals surface area (Å²) in [5.74, 6) is -0.895. The molecule has 0 saturated carbocycles. The van der Waals surface area contributed by atoms with Crippen molar-refractivity contribution in [1.29, 1.82) is 0 Å². The van der Waals surface area contributed by atoms with E-state index in [-0.39, 0.29) is 6.54 Å². The highest BCUT2D eigenvalue weighted by atomic mass is 16.5. The van der Waals surface area contributed by atoms with Gasteiger partial charge in [-0.1, -0.05) is 19.1 Å². The molecule has 6 nitrogen and oxygen atoms in total. The SMILES string of the molecule is CCN(CC(N)=O)Cc1cccc(N)c1C(=O)OC. The molecular weight excluding hydrogens is 246 g/mol. The Morgan fingerprint density at radius 2 is 2.05 bits per heavy atom. The van der Waals surface area contributed by atoms with Gasteiger partial charge < -0.3 is 16.2 Å². The molecule has 0 heterocycles. The number of primary amides is 1. The minimum absolute atomic E-state index is 0.131. The van der Waals surface area contributed by atoms with Gasteiger partial charge in [0.05, 0.1) is 19.2 Å². The summed E-state index contributed by atoms with van der Waals surface area (Å²) >= 11 is 0. The van der Waals surface area contributed by atoms with E-state index in [1.165, 1.54) is 7.11 Å². The lowest BCUT2D eigenvalue weighted by Gasteiger charge is -2.20. The number of anilines is 1. The first-order valence-corrected chi connectivity index (χ1v) is 5.95. The van der Waals surface area contributed by atoms with Crippen LogP contribution in [0.2, 0.25) is 0 Å². The zero-order chi connectivity index (χ0) is 14.4. The highest BCUT2D eigenvalue weighted by Crippen LogP contribution is 2.19. The zero-order valence-electron chi connectivity index (χ0n) is 11.2. The molecule has 0 unspecified atom stereocenters. The fraction of sp³-hybridized carbons (Fsp3) is 0.385. The average molecular weight is 265 g/mol. The third kappa shape index (κ3) is 3.96. The molecule has 0 aliphatic carbocycles. The minimum Gasteiger partial charge on any atom is -0.465 e. The van der Waals surface area contributed by atoms with Gasteiger partial charge in [-0.25, -0.2) is 4.79 Å². The van der Waals surface area contributed by atoms with E-state index in [0.717, 1.165) is 5.56 Å². The number of nitrogens with zero attached hydrogens (tertiary/aromatic N) is 1. The van der Waals surface area contributed by atoms with E-state index >= 15 is 0 Å². The van der Waals surface area contributed by atoms with Crippen LogP contribution in [-0.4, -0.2) is 37.0 Å². The fourth-order valence-corrected chi connectivity index (χ4v) is 1.84. The average Bonchev–Trinajstić information content (AvgIpc) is 2.36. The van der Waals surface area contributed by atoms with Gasteiger partial charge in [-0.15, -0.1) is 0 Å². The Morgan fingerprint density at radius 1 is 1.37 bits per heavy atom. The normalized spacial score (nSPS) is 10.5. The molecule has 6 heteroatoms. The summed E-state index contributed by atoms with van der Waals surface area (Å²) in [6.45, 7) is 3.09. The van der Waals surface area contributed by atoms with Crippen LogP contribution < -0.4 is 11.5 Å². The summed E-state index contributed by atoms with van der Waals surface area (Å²) in [6.07, 6.45) is 0. The lowest BCUT2D eigenvalue weighted by atomic mass is 10.0. The Balaban J connectivity index is 3.02. The van der Waals surface area contributed by atoms with Crippen molar-refractivity contribution in [2.75, 3.05) is 25.9 Å². The van der Waals surface area contributed by atoms with E-state index in [2.05, 4.69) is 0 Å². The van der Waals surface area contributed by atoms with Gasteiger partial charge >= 0.3 is 5.97 Å². The van der Waals surface area contributed by atoms with Crippen molar-refractivity contribution in [3.05, 3.63) is 29.3 Å². The molecule has 0 aliphatic heterocycles. The number of carbonyl (C=O) groups is 2. The van der Waals surface area contributed by atoms with Crippen molar-refractivity contribution in [3.63, 3.8) is 0 Å². The number of nitrogen functional groups attached to an aromatic ring is 1. The molecule has 0 atom stereocenters. The highest BCUT2D eigenvalue weighted by Gasteiger charge is 2.17. The van der Waals surface area contributed by atoms with Crippen LogP contribution in [0.15, 0.2) is 18.2 Å².